The van der Waals surface area contributed by atoms with Gasteiger partial charge >= 0.3 is 0 Å². The van der Waals surface area contributed by atoms with Crippen molar-refractivity contribution in [2.45, 2.75) is 19.4 Å². The smallest absolute Gasteiger partial charge is 0.249 e. The van der Waals surface area contributed by atoms with E-state index in [-0.39, 0.29) is 5.91 Å². The molecule has 0 atom stereocenters. The van der Waals surface area contributed by atoms with E-state index < -0.39 is 0 Å². The number of carbonyl (C=O) groups excluding carboxylic acids is 1. The van der Waals surface area contributed by atoms with Crippen LogP contribution < -0.4 is 5.73 Å². The Morgan fingerprint density at radius 1 is 1.50 bits per heavy atom. The Balaban J connectivity index is 2.19. The monoisotopic (exact) mass is 240 g/mol. The van der Waals surface area contributed by atoms with Gasteiger partial charge in [-0.05, 0) is 42.5 Å². The Bertz CT molecular complexity index is 635. The van der Waals surface area contributed by atoms with Crippen LogP contribution in [0.2, 0.25) is 0 Å². The highest BCUT2D eigenvalue weighted by Crippen LogP contribution is 2.32. The van der Waals surface area contributed by atoms with Gasteiger partial charge in [-0.2, -0.15) is 0 Å². The van der Waals surface area contributed by atoms with Gasteiger partial charge < -0.3 is 10.3 Å². The van der Waals surface area contributed by atoms with Gasteiger partial charge in [0.05, 0.1) is 0 Å². The second-order valence-corrected chi connectivity index (χ2v) is 4.98. The summed E-state index contributed by atoms with van der Waals surface area (Å²) in [5.74, 6) is 0.415. The molecule has 3 nitrogen and oxygen atoms in total. The van der Waals surface area contributed by atoms with Gasteiger partial charge in [-0.25, -0.2) is 0 Å². The molecule has 92 valence electrons. The third-order valence-corrected chi connectivity index (χ3v) is 3.56. The summed E-state index contributed by atoms with van der Waals surface area (Å²) < 4.78 is 2.21. The van der Waals surface area contributed by atoms with Crippen LogP contribution in [0.5, 0.6) is 0 Å². The molecule has 1 amide bonds. The van der Waals surface area contributed by atoms with Gasteiger partial charge in [0.25, 0.3) is 0 Å². The van der Waals surface area contributed by atoms with E-state index in [1.165, 1.54) is 12.8 Å². The summed E-state index contributed by atoms with van der Waals surface area (Å²) in [6.45, 7) is 4.79. The molecule has 0 bridgehead atoms. The summed E-state index contributed by atoms with van der Waals surface area (Å²) in [6, 6.07) is 5.85. The van der Waals surface area contributed by atoms with Crippen molar-refractivity contribution in [2.24, 2.45) is 11.7 Å². The van der Waals surface area contributed by atoms with Gasteiger partial charge in [0.15, 0.2) is 0 Å². The summed E-state index contributed by atoms with van der Waals surface area (Å²) >= 11 is 0. The molecule has 0 aliphatic heterocycles. The number of fused-ring (bicyclic) bond motifs is 1. The lowest BCUT2D eigenvalue weighted by Gasteiger charge is -2.07. The second kappa shape index (κ2) is 4.02. The van der Waals surface area contributed by atoms with Gasteiger partial charge in [0, 0.05) is 29.2 Å². The summed E-state index contributed by atoms with van der Waals surface area (Å²) in [6.07, 6.45) is 6.41. The molecule has 1 fully saturated rings. The Morgan fingerprint density at radius 2 is 2.28 bits per heavy atom. The molecule has 1 heterocycles. The predicted molar refractivity (Wildman–Crippen MR) is 73.3 cm³/mol. The Kier molecular flexibility index (Phi) is 2.47. The molecule has 0 unspecified atom stereocenters. The third-order valence-electron chi connectivity index (χ3n) is 3.56. The maximum absolute atomic E-state index is 11.5. The van der Waals surface area contributed by atoms with Gasteiger partial charge in [0.1, 0.15) is 0 Å². The van der Waals surface area contributed by atoms with Crippen molar-refractivity contribution < 1.29 is 4.79 Å². The third kappa shape index (κ3) is 1.82. The van der Waals surface area contributed by atoms with Crippen LogP contribution in [-0.2, 0) is 6.54 Å². The van der Waals surface area contributed by atoms with Crippen molar-refractivity contribution in [3.63, 3.8) is 0 Å². The van der Waals surface area contributed by atoms with Crippen molar-refractivity contribution in [2.75, 3.05) is 0 Å². The lowest BCUT2D eigenvalue weighted by atomic mass is 10.1. The van der Waals surface area contributed by atoms with Crippen LogP contribution in [-0.4, -0.2) is 10.5 Å². The van der Waals surface area contributed by atoms with Crippen LogP contribution in [0.25, 0.3) is 17.0 Å². The van der Waals surface area contributed by atoms with Crippen LogP contribution in [0.3, 0.4) is 0 Å². The van der Waals surface area contributed by atoms with Crippen molar-refractivity contribution in [3.05, 3.63) is 42.1 Å². The van der Waals surface area contributed by atoms with E-state index in [0.29, 0.717) is 5.56 Å². The molecular formula is C15H16N2O. The van der Waals surface area contributed by atoms with Gasteiger partial charge in [-0.1, -0.05) is 12.7 Å². The van der Waals surface area contributed by atoms with Gasteiger partial charge in [0.2, 0.25) is 5.91 Å². The maximum Gasteiger partial charge on any atom is 0.249 e. The zero-order valence-electron chi connectivity index (χ0n) is 10.2. The molecule has 3 heteroatoms. The minimum Gasteiger partial charge on any atom is -0.366 e. The number of nitrogens with two attached hydrogens (primary N) is 1. The number of nitrogens with zero attached hydrogens (tertiary/aromatic N) is 1. The molecule has 1 aliphatic carbocycles. The van der Waals surface area contributed by atoms with E-state index in [4.69, 9.17) is 5.73 Å². The first kappa shape index (κ1) is 11.1. The van der Waals surface area contributed by atoms with Crippen LogP contribution in [0.1, 0.15) is 28.8 Å². The summed E-state index contributed by atoms with van der Waals surface area (Å²) in [7, 11) is 0. The van der Waals surface area contributed by atoms with Crippen LogP contribution in [0, 0.1) is 5.92 Å². The fraction of sp³-hybridized carbons (Fsp3) is 0.267. The van der Waals surface area contributed by atoms with Crippen molar-refractivity contribution in [1.82, 2.24) is 4.57 Å². The van der Waals surface area contributed by atoms with Crippen molar-refractivity contribution in [3.8, 4) is 0 Å². The first-order valence-corrected chi connectivity index (χ1v) is 6.24. The maximum atomic E-state index is 11.5. The SMILES string of the molecule is C=Cc1cc(C(N)=O)c2ccn(CC3CC3)c2c1. The minimum absolute atomic E-state index is 0.382. The molecule has 1 aliphatic rings. The van der Waals surface area contributed by atoms with E-state index in [0.717, 1.165) is 28.9 Å². The van der Waals surface area contributed by atoms with E-state index in [9.17, 15) is 4.79 Å². The normalized spacial score (nSPS) is 14.9. The molecule has 0 saturated heterocycles. The lowest BCUT2D eigenvalue weighted by Crippen LogP contribution is -2.11. The largest absolute Gasteiger partial charge is 0.366 e. The van der Waals surface area contributed by atoms with E-state index in [2.05, 4.69) is 17.2 Å². The second-order valence-electron chi connectivity index (χ2n) is 4.98. The van der Waals surface area contributed by atoms with Gasteiger partial charge in [-0.3, -0.25) is 4.79 Å². The Labute approximate surface area is 106 Å². The van der Waals surface area contributed by atoms with E-state index in [1.807, 2.05) is 12.3 Å². The quantitative estimate of drug-likeness (QED) is 0.877. The Hall–Kier alpha value is -2.03. The lowest BCUT2D eigenvalue weighted by molar-refractivity contribution is 0.100. The average Bonchev–Trinajstić information content (AvgIpc) is 3.09. The first-order valence-electron chi connectivity index (χ1n) is 6.24. The molecule has 2 aromatic rings. The zero-order chi connectivity index (χ0) is 12.7. The summed E-state index contributed by atoms with van der Waals surface area (Å²) in [5, 5.41) is 0.939. The molecular weight excluding hydrogens is 224 g/mol. The number of aromatic nitrogens is 1. The molecule has 0 radical (unpaired) electrons. The molecule has 18 heavy (non-hydrogen) atoms. The number of hydrogen-bond acceptors (Lipinski definition) is 1. The highest BCUT2D eigenvalue weighted by Gasteiger charge is 2.22. The van der Waals surface area contributed by atoms with E-state index in [1.54, 1.807) is 12.1 Å². The number of hydrogen-bond donors (Lipinski definition) is 1. The first-order chi connectivity index (χ1) is 8.69. The number of benzene rings is 1. The van der Waals surface area contributed by atoms with Gasteiger partial charge in [-0.15, -0.1) is 0 Å². The number of rotatable bonds is 4. The van der Waals surface area contributed by atoms with Crippen LogP contribution in [0.15, 0.2) is 31.0 Å². The van der Waals surface area contributed by atoms with Crippen molar-refractivity contribution in [1.29, 1.82) is 0 Å². The molecule has 2 N–H and O–H groups in total. The molecule has 1 aromatic heterocycles. The Morgan fingerprint density at radius 3 is 2.89 bits per heavy atom. The van der Waals surface area contributed by atoms with E-state index >= 15 is 0 Å². The number of primary amides is 1. The number of amides is 1. The highest BCUT2D eigenvalue weighted by molar-refractivity contribution is 6.06. The molecule has 1 aromatic carbocycles. The topological polar surface area (TPSA) is 48.0 Å². The van der Waals surface area contributed by atoms with Crippen LogP contribution >= 0.6 is 0 Å². The minimum atomic E-state index is -0.382. The summed E-state index contributed by atoms with van der Waals surface area (Å²) in [5.41, 5.74) is 8.04. The zero-order valence-corrected chi connectivity index (χ0v) is 10.2. The number of carbonyl (C=O) groups is 1. The van der Waals surface area contributed by atoms with Crippen molar-refractivity contribution >= 4 is 22.9 Å². The molecule has 1 saturated carbocycles. The summed E-state index contributed by atoms with van der Waals surface area (Å²) in [4.78, 5) is 11.5. The standard InChI is InChI=1S/C15H16N2O/c1-2-10-7-13(15(16)18)12-5-6-17(14(12)8-10)9-11-3-4-11/h2,5-8,11H,1,3-4,9H2,(H2,16,18). The molecule has 3 rings (SSSR count). The fourth-order valence-electron chi connectivity index (χ4n) is 2.38. The predicted octanol–water partition coefficient (Wildman–Crippen LogP) is 2.79. The molecule has 0 spiro atoms. The fourth-order valence-corrected chi connectivity index (χ4v) is 2.38. The highest BCUT2D eigenvalue weighted by atomic mass is 16.1. The average molecular weight is 240 g/mol. The van der Waals surface area contributed by atoms with Crippen LogP contribution in [0.4, 0.5) is 0 Å².